The van der Waals surface area contributed by atoms with Crippen LogP contribution in [0, 0.1) is 17.3 Å². The first-order valence-corrected chi connectivity index (χ1v) is 9.41. The van der Waals surface area contributed by atoms with E-state index in [0.717, 1.165) is 24.0 Å². The number of phenolic OH excluding ortho intramolecular Hbond substituents is 1. The maximum atomic E-state index is 10.7. The number of aliphatic hydroxyl groups is 2. The van der Waals surface area contributed by atoms with Gasteiger partial charge >= 0.3 is 5.97 Å². The van der Waals surface area contributed by atoms with Crippen molar-refractivity contribution in [1.29, 1.82) is 0 Å². The highest BCUT2D eigenvalue weighted by Crippen LogP contribution is 2.61. The maximum Gasteiger partial charge on any atom is 0.344 e. The van der Waals surface area contributed by atoms with Crippen molar-refractivity contribution in [1.82, 2.24) is 0 Å². The highest BCUT2D eigenvalue weighted by molar-refractivity contribution is 6.03. The van der Waals surface area contributed by atoms with Crippen molar-refractivity contribution in [2.24, 2.45) is 22.4 Å². The molecule has 0 aromatic heterocycles. The number of oxime groups is 1. The molecule has 1 aromatic rings. The molecule has 2 saturated carbocycles. The molecule has 4 N–H and O–H groups in total. The third-order valence-electron chi connectivity index (χ3n) is 6.95. The Labute approximate surface area is 157 Å². The van der Waals surface area contributed by atoms with Gasteiger partial charge in [0.25, 0.3) is 0 Å². The Morgan fingerprint density at radius 2 is 2.15 bits per heavy atom. The summed E-state index contributed by atoms with van der Waals surface area (Å²) in [7, 11) is 0. The highest BCUT2D eigenvalue weighted by atomic mass is 16.6. The predicted octanol–water partition coefficient (Wildman–Crippen LogP) is 1.84. The summed E-state index contributed by atoms with van der Waals surface area (Å²) in [5.74, 6) is -0.385. The van der Waals surface area contributed by atoms with Crippen LogP contribution in [-0.2, 0) is 9.63 Å². The number of benzene rings is 1. The number of phenols is 1. The van der Waals surface area contributed by atoms with E-state index in [1.54, 1.807) is 12.1 Å². The third kappa shape index (κ3) is 2.89. The van der Waals surface area contributed by atoms with Crippen LogP contribution >= 0.6 is 0 Å². The zero-order valence-corrected chi connectivity index (χ0v) is 15.2. The minimum atomic E-state index is -1.10. The molecule has 0 aliphatic heterocycles. The first-order valence-electron chi connectivity index (χ1n) is 9.41. The topological polar surface area (TPSA) is 120 Å². The summed E-state index contributed by atoms with van der Waals surface area (Å²) in [6, 6.07) is 5.21. The van der Waals surface area contributed by atoms with Gasteiger partial charge in [0.15, 0.2) is 0 Å². The molecule has 7 nitrogen and oxygen atoms in total. The molecule has 0 spiro atoms. The third-order valence-corrected chi connectivity index (χ3v) is 6.95. The molecule has 2 fully saturated rings. The molecule has 4 rings (SSSR count). The molecular formula is C20H25NO6. The summed E-state index contributed by atoms with van der Waals surface area (Å²) in [6.45, 7) is 1.53. The Morgan fingerprint density at radius 1 is 1.37 bits per heavy atom. The molecule has 3 aliphatic rings. The molecule has 6 atom stereocenters. The fourth-order valence-corrected chi connectivity index (χ4v) is 5.65. The van der Waals surface area contributed by atoms with Gasteiger partial charge in [0.2, 0.25) is 6.61 Å². The van der Waals surface area contributed by atoms with Crippen LogP contribution in [0.4, 0.5) is 0 Å². The lowest BCUT2D eigenvalue weighted by Gasteiger charge is -2.49. The molecule has 0 radical (unpaired) electrons. The summed E-state index contributed by atoms with van der Waals surface area (Å²) >= 11 is 0. The van der Waals surface area contributed by atoms with Crippen LogP contribution in [0.1, 0.15) is 49.7 Å². The second-order valence-electron chi connectivity index (χ2n) is 8.35. The monoisotopic (exact) mass is 375 g/mol. The number of fused-ring (bicyclic) bond motifs is 5. The van der Waals surface area contributed by atoms with Gasteiger partial charge < -0.3 is 25.3 Å². The number of carboxylic acid groups (broad SMARTS) is 1. The van der Waals surface area contributed by atoms with Crippen molar-refractivity contribution in [3.63, 3.8) is 0 Å². The van der Waals surface area contributed by atoms with Crippen molar-refractivity contribution in [3.05, 3.63) is 29.3 Å². The van der Waals surface area contributed by atoms with Gasteiger partial charge in [-0.3, -0.25) is 0 Å². The molecule has 1 aromatic carbocycles. The molecule has 27 heavy (non-hydrogen) atoms. The Morgan fingerprint density at radius 3 is 2.89 bits per heavy atom. The minimum absolute atomic E-state index is 0.130. The zero-order chi connectivity index (χ0) is 19.3. The largest absolute Gasteiger partial charge is 0.508 e. The number of hydrogen-bond acceptors (Lipinski definition) is 6. The van der Waals surface area contributed by atoms with Crippen LogP contribution in [0.2, 0.25) is 0 Å². The van der Waals surface area contributed by atoms with E-state index in [1.807, 2.05) is 6.07 Å². The number of aliphatic carboxylic acids is 1. The number of rotatable bonds is 3. The van der Waals surface area contributed by atoms with E-state index in [2.05, 4.69) is 12.1 Å². The van der Waals surface area contributed by atoms with Gasteiger partial charge in [0, 0.05) is 5.56 Å². The first kappa shape index (κ1) is 18.3. The quantitative estimate of drug-likeness (QED) is 0.599. The molecule has 0 bridgehead atoms. The number of aliphatic hydroxyl groups excluding tert-OH is 2. The van der Waals surface area contributed by atoms with E-state index in [-0.39, 0.29) is 28.9 Å². The zero-order valence-electron chi connectivity index (χ0n) is 15.2. The Bertz CT molecular complexity index is 793. The predicted molar refractivity (Wildman–Crippen MR) is 96.5 cm³/mol. The summed E-state index contributed by atoms with van der Waals surface area (Å²) in [5, 5.41) is 43.6. The van der Waals surface area contributed by atoms with Crippen LogP contribution < -0.4 is 0 Å². The summed E-state index contributed by atoms with van der Waals surface area (Å²) < 4.78 is 0. The fourth-order valence-electron chi connectivity index (χ4n) is 5.65. The van der Waals surface area contributed by atoms with Crippen molar-refractivity contribution in [2.75, 3.05) is 6.61 Å². The van der Waals surface area contributed by atoms with E-state index in [1.165, 1.54) is 0 Å². The van der Waals surface area contributed by atoms with Gasteiger partial charge in [0.1, 0.15) is 5.75 Å². The average Bonchev–Trinajstić information content (AvgIpc) is 2.85. The van der Waals surface area contributed by atoms with Crippen molar-refractivity contribution < 1.29 is 30.1 Å². The summed E-state index contributed by atoms with van der Waals surface area (Å²) in [4.78, 5) is 15.7. The highest BCUT2D eigenvalue weighted by Gasteiger charge is 2.58. The first-order chi connectivity index (χ1) is 12.8. The Hall–Kier alpha value is -2.12. The molecule has 6 unspecified atom stereocenters. The van der Waals surface area contributed by atoms with Crippen molar-refractivity contribution >= 4 is 11.7 Å². The van der Waals surface area contributed by atoms with E-state index >= 15 is 0 Å². The lowest BCUT2D eigenvalue weighted by Crippen LogP contribution is -2.45. The lowest BCUT2D eigenvalue weighted by atomic mass is 9.55. The van der Waals surface area contributed by atoms with Gasteiger partial charge in [-0.05, 0) is 66.5 Å². The average molecular weight is 375 g/mol. The second-order valence-corrected chi connectivity index (χ2v) is 8.35. The van der Waals surface area contributed by atoms with Crippen molar-refractivity contribution in [3.8, 4) is 5.75 Å². The number of hydrogen-bond donors (Lipinski definition) is 4. The standard InChI is InChI=1S/C20H25NO6/c1-20-5-4-12-11-3-2-10(22)6-14(11)16(21-27-9-18(24)25)7-13(12)15(20)8-17(23)19(20)26/h2-3,6,12-13,15,17,19,22-23,26H,4-5,7-9H2,1H3,(H,24,25). The number of nitrogens with zero attached hydrogens (tertiary/aromatic N) is 1. The number of carbonyl (C=O) groups is 1. The van der Waals surface area contributed by atoms with Gasteiger partial charge in [-0.2, -0.15) is 0 Å². The molecule has 3 aliphatic carbocycles. The molecule has 0 amide bonds. The molecule has 0 heterocycles. The van der Waals surface area contributed by atoms with E-state index < -0.39 is 24.8 Å². The summed E-state index contributed by atoms with van der Waals surface area (Å²) in [6.07, 6.45) is 1.40. The lowest BCUT2D eigenvalue weighted by molar-refractivity contribution is -0.142. The van der Waals surface area contributed by atoms with E-state index in [9.17, 15) is 20.1 Å². The fraction of sp³-hybridized carbons (Fsp3) is 0.600. The van der Waals surface area contributed by atoms with E-state index in [4.69, 9.17) is 9.94 Å². The SMILES string of the molecule is CC12CCC3c4ccc(O)cc4C(=NOCC(=O)O)CC3C1CC(O)C2O. The molecule has 0 saturated heterocycles. The minimum Gasteiger partial charge on any atom is -0.508 e. The van der Waals surface area contributed by atoms with Crippen LogP contribution in [0.25, 0.3) is 0 Å². The molecule has 7 heteroatoms. The van der Waals surface area contributed by atoms with Gasteiger partial charge in [-0.1, -0.05) is 18.1 Å². The molecular weight excluding hydrogens is 350 g/mol. The van der Waals surface area contributed by atoms with Crippen LogP contribution in [-0.4, -0.2) is 50.9 Å². The van der Waals surface area contributed by atoms with Crippen LogP contribution in [0.15, 0.2) is 23.4 Å². The van der Waals surface area contributed by atoms with Crippen LogP contribution in [0.3, 0.4) is 0 Å². The Balaban J connectivity index is 1.73. The number of aromatic hydroxyl groups is 1. The second kappa shape index (κ2) is 6.49. The van der Waals surface area contributed by atoms with Crippen LogP contribution in [0.5, 0.6) is 5.75 Å². The van der Waals surface area contributed by atoms with Gasteiger partial charge in [0.05, 0.1) is 17.9 Å². The van der Waals surface area contributed by atoms with E-state index in [0.29, 0.717) is 18.6 Å². The normalized spacial score (nSPS) is 38.8. The number of carboxylic acids is 1. The molecule has 146 valence electrons. The van der Waals surface area contributed by atoms with Gasteiger partial charge in [-0.15, -0.1) is 0 Å². The smallest absolute Gasteiger partial charge is 0.344 e. The Kier molecular flexibility index (Phi) is 4.39. The maximum absolute atomic E-state index is 10.7. The van der Waals surface area contributed by atoms with Crippen molar-refractivity contribution in [2.45, 2.75) is 50.7 Å². The summed E-state index contributed by atoms with van der Waals surface area (Å²) in [5.41, 5.74) is 2.15. The van der Waals surface area contributed by atoms with Gasteiger partial charge in [-0.25, -0.2) is 4.79 Å².